The normalized spacial score (nSPS) is 34.7. The summed E-state index contributed by atoms with van der Waals surface area (Å²) in [4.78, 5) is 4.55. The van der Waals surface area contributed by atoms with Gasteiger partial charge in [-0.15, -0.1) is 0 Å². The van der Waals surface area contributed by atoms with E-state index in [0.717, 1.165) is 30.6 Å². The van der Waals surface area contributed by atoms with Crippen LogP contribution in [0, 0.1) is 5.92 Å². The van der Waals surface area contributed by atoms with Gasteiger partial charge in [-0.2, -0.15) is 4.98 Å². The molecule has 1 saturated heterocycles. The highest BCUT2D eigenvalue weighted by Gasteiger charge is 2.38. The second-order valence-electron chi connectivity index (χ2n) is 5.17. The van der Waals surface area contributed by atoms with E-state index in [-0.39, 0.29) is 6.04 Å². The molecule has 1 N–H and O–H groups in total. The Morgan fingerprint density at radius 3 is 3.00 bits per heavy atom. The van der Waals surface area contributed by atoms with Crippen molar-refractivity contribution in [3.63, 3.8) is 0 Å². The number of nitrogens with zero attached hydrogens (tertiary/aromatic N) is 2. The molecule has 1 saturated carbocycles. The number of hydrogen-bond donors (Lipinski definition) is 1. The van der Waals surface area contributed by atoms with Gasteiger partial charge in [-0.05, 0) is 31.7 Å². The molecule has 1 aromatic rings. The molecule has 0 aromatic carbocycles. The van der Waals surface area contributed by atoms with E-state index < -0.39 is 0 Å². The van der Waals surface area contributed by atoms with Gasteiger partial charge in [-0.3, -0.25) is 0 Å². The number of rotatable bonds is 2. The summed E-state index contributed by atoms with van der Waals surface area (Å²) in [7, 11) is 0. The van der Waals surface area contributed by atoms with E-state index in [1.54, 1.807) is 0 Å². The van der Waals surface area contributed by atoms with Gasteiger partial charge in [0.25, 0.3) is 0 Å². The average molecular weight is 221 g/mol. The van der Waals surface area contributed by atoms with Crippen molar-refractivity contribution in [2.24, 2.45) is 5.92 Å². The molecule has 4 nitrogen and oxygen atoms in total. The molecule has 2 fully saturated rings. The van der Waals surface area contributed by atoms with Gasteiger partial charge in [0, 0.05) is 5.92 Å². The summed E-state index contributed by atoms with van der Waals surface area (Å²) >= 11 is 0. The molecule has 88 valence electrons. The van der Waals surface area contributed by atoms with Gasteiger partial charge in [0.1, 0.15) is 0 Å². The summed E-state index contributed by atoms with van der Waals surface area (Å²) in [5.74, 6) is 3.03. The third kappa shape index (κ3) is 1.98. The lowest BCUT2D eigenvalue weighted by Crippen LogP contribution is -2.20. The summed E-state index contributed by atoms with van der Waals surface area (Å²) in [6, 6.07) is 0.290. The smallest absolute Gasteiger partial charge is 0.243 e. The zero-order valence-electron chi connectivity index (χ0n) is 9.78. The van der Waals surface area contributed by atoms with Crippen LogP contribution in [0.3, 0.4) is 0 Å². The highest BCUT2D eigenvalue weighted by atomic mass is 16.5. The molecule has 1 aromatic heterocycles. The van der Waals surface area contributed by atoms with Crippen molar-refractivity contribution in [1.29, 1.82) is 0 Å². The monoisotopic (exact) mass is 221 g/mol. The third-order valence-corrected chi connectivity index (χ3v) is 3.76. The molecule has 0 radical (unpaired) electrons. The molecule has 16 heavy (non-hydrogen) atoms. The van der Waals surface area contributed by atoms with Crippen molar-refractivity contribution in [3.8, 4) is 0 Å². The first-order valence-corrected chi connectivity index (χ1v) is 6.41. The molecule has 2 aliphatic rings. The van der Waals surface area contributed by atoms with Crippen molar-refractivity contribution >= 4 is 0 Å². The minimum atomic E-state index is 0.290. The maximum atomic E-state index is 5.39. The summed E-state index contributed by atoms with van der Waals surface area (Å²) in [6.07, 6.45) is 6.18. The van der Waals surface area contributed by atoms with Crippen LogP contribution in [0.4, 0.5) is 0 Å². The summed E-state index contributed by atoms with van der Waals surface area (Å²) in [5, 5.41) is 7.59. The largest absolute Gasteiger partial charge is 0.338 e. The molecule has 3 rings (SSSR count). The van der Waals surface area contributed by atoms with Gasteiger partial charge in [0.15, 0.2) is 5.82 Å². The van der Waals surface area contributed by atoms with E-state index in [0.29, 0.717) is 5.92 Å². The Bertz CT molecular complexity index is 355. The van der Waals surface area contributed by atoms with Crippen LogP contribution in [0.15, 0.2) is 4.52 Å². The summed E-state index contributed by atoms with van der Waals surface area (Å²) in [6.45, 7) is 3.31. The Kier molecular flexibility index (Phi) is 2.67. The number of aromatic nitrogens is 2. The fraction of sp³-hybridized carbons (Fsp3) is 0.833. The van der Waals surface area contributed by atoms with E-state index in [9.17, 15) is 0 Å². The van der Waals surface area contributed by atoms with Gasteiger partial charge in [-0.1, -0.05) is 24.9 Å². The lowest BCUT2D eigenvalue weighted by Gasteiger charge is -2.09. The first-order chi connectivity index (χ1) is 7.84. The van der Waals surface area contributed by atoms with Crippen LogP contribution in [0.2, 0.25) is 0 Å². The molecular weight excluding hydrogens is 202 g/mol. The van der Waals surface area contributed by atoms with Crippen molar-refractivity contribution in [2.45, 2.75) is 51.0 Å². The summed E-state index contributed by atoms with van der Waals surface area (Å²) in [5.41, 5.74) is 0. The van der Waals surface area contributed by atoms with Crippen LogP contribution in [-0.4, -0.2) is 16.7 Å². The zero-order chi connectivity index (χ0) is 11.0. The highest BCUT2D eigenvalue weighted by Crippen LogP contribution is 2.45. The predicted octanol–water partition coefficient (Wildman–Crippen LogP) is 2.40. The van der Waals surface area contributed by atoms with E-state index >= 15 is 0 Å². The van der Waals surface area contributed by atoms with E-state index in [2.05, 4.69) is 22.4 Å². The van der Waals surface area contributed by atoms with Gasteiger partial charge < -0.3 is 9.84 Å². The topological polar surface area (TPSA) is 51.0 Å². The Hall–Kier alpha value is -0.900. The van der Waals surface area contributed by atoms with Crippen molar-refractivity contribution < 1.29 is 4.52 Å². The molecule has 3 atom stereocenters. The van der Waals surface area contributed by atoms with Gasteiger partial charge >= 0.3 is 0 Å². The molecule has 0 spiro atoms. The second-order valence-corrected chi connectivity index (χ2v) is 5.17. The van der Waals surface area contributed by atoms with Crippen molar-refractivity contribution in [2.75, 3.05) is 6.54 Å². The Balaban J connectivity index is 1.70. The van der Waals surface area contributed by atoms with E-state index in [1.165, 1.54) is 25.7 Å². The fourth-order valence-electron chi connectivity index (χ4n) is 2.46. The maximum Gasteiger partial charge on any atom is 0.243 e. The molecular formula is C12H19N3O. The van der Waals surface area contributed by atoms with E-state index in [1.807, 2.05) is 0 Å². The number of hydrogen-bond acceptors (Lipinski definition) is 4. The predicted molar refractivity (Wildman–Crippen MR) is 60.0 cm³/mol. The van der Waals surface area contributed by atoms with Gasteiger partial charge in [-0.25, -0.2) is 0 Å². The van der Waals surface area contributed by atoms with Crippen LogP contribution in [-0.2, 0) is 0 Å². The van der Waals surface area contributed by atoms with Crippen LogP contribution >= 0.6 is 0 Å². The standard InChI is InChI=1S/C12H19N3O/c1-8-7-9(8)11-14-12(16-15-11)10-5-3-2-4-6-13-10/h8-10,13H,2-7H2,1H3. The molecule has 1 aliphatic carbocycles. The van der Waals surface area contributed by atoms with Crippen LogP contribution in [0.25, 0.3) is 0 Å². The first kappa shape index (κ1) is 10.3. The molecule has 0 amide bonds. The minimum Gasteiger partial charge on any atom is -0.338 e. The summed E-state index contributed by atoms with van der Waals surface area (Å²) < 4.78 is 5.39. The Morgan fingerprint density at radius 2 is 2.19 bits per heavy atom. The van der Waals surface area contributed by atoms with Gasteiger partial charge in [0.05, 0.1) is 6.04 Å². The fourth-order valence-corrected chi connectivity index (χ4v) is 2.46. The molecule has 4 heteroatoms. The first-order valence-electron chi connectivity index (χ1n) is 6.41. The van der Waals surface area contributed by atoms with Crippen molar-refractivity contribution in [1.82, 2.24) is 15.5 Å². The number of nitrogens with one attached hydrogen (secondary N) is 1. The molecule has 3 unspecified atom stereocenters. The Morgan fingerprint density at radius 1 is 1.31 bits per heavy atom. The van der Waals surface area contributed by atoms with Crippen LogP contribution in [0.1, 0.15) is 62.7 Å². The van der Waals surface area contributed by atoms with Crippen LogP contribution in [0.5, 0.6) is 0 Å². The van der Waals surface area contributed by atoms with E-state index in [4.69, 9.17) is 4.52 Å². The third-order valence-electron chi connectivity index (χ3n) is 3.76. The second kappa shape index (κ2) is 4.17. The zero-order valence-corrected chi connectivity index (χ0v) is 9.78. The lowest BCUT2D eigenvalue weighted by molar-refractivity contribution is 0.324. The average Bonchev–Trinajstić information content (AvgIpc) is 2.92. The van der Waals surface area contributed by atoms with Gasteiger partial charge in [0.2, 0.25) is 5.89 Å². The SMILES string of the molecule is CC1CC1c1noc(C2CCCCCN2)n1. The minimum absolute atomic E-state index is 0.290. The molecule has 1 aliphatic heterocycles. The Labute approximate surface area is 95.8 Å². The van der Waals surface area contributed by atoms with Crippen molar-refractivity contribution in [3.05, 3.63) is 11.7 Å². The molecule has 2 heterocycles. The quantitative estimate of drug-likeness (QED) is 0.833. The molecule has 0 bridgehead atoms. The maximum absolute atomic E-state index is 5.39. The van der Waals surface area contributed by atoms with Crippen LogP contribution < -0.4 is 5.32 Å². The lowest BCUT2D eigenvalue weighted by atomic mass is 10.1. The highest BCUT2D eigenvalue weighted by molar-refractivity contribution is 5.08.